The van der Waals surface area contributed by atoms with Crippen LogP contribution in [0.1, 0.15) is 12.5 Å². The molecule has 1 aromatic carbocycles. The predicted octanol–water partition coefficient (Wildman–Crippen LogP) is 2.05. The molecule has 1 N–H and O–H groups in total. The Kier molecular flexibility index (Phi) is 3.78. The first kappa shape index (κ1) is 13.2. The zero-order chi connectivity index (χ0) is 13.3. The Hall–Kier alpha value is -1.26. The summed E-state index contributed by atoms with van der Waals surface area (Å²) in [6.07, 6.45) is 0.761. The van der Waals surface area contributed by atoms with E-state index >= 15 is 0 Å². The van der Waals surface area contributed by atoms with Gasteiger partial charge in [-0.3, -0.25) is 9.69 Å². The van der Waals surface area contributed by atoms with Crippen molar-refractivity contribution in [2.75, 3.05) is 13.6 Å². The lowest BCUT2D eigenvalue weighted by Gasteiger charge is -2.24. The van der Waals surface area contributed by atoms with E-state index in [4.69, 9.17) is 21.4 Å². The number of rotatable bonds is 4. The summed E-state index contributed by atoms with van der Waals surface area (Å²) in [6, 6.07) is 5.04. The maximum Gasteiger partial charge on any atom is 0.320 e. The lowest BCUT2D eigenvalue weighted by Crippen LogP contribution is -2.41. The quantitative estimate of drug-likeness (QED) is 0.909. The van der Waals surface area contributed by atoms with Crippen LogP contribution in [0.3, 0.4) is 0 Å². The molecule has 0 bridgehead atoms. The van der Waals surface area contributed by atoms with Crippen LogP contribution >= 0.6 is 11.6 Å². The van der Waals surface area contributed by atoms with E-state index in [1.807, 2.05) is 12.1 Å². The molecule has 0 saturated carbocycles. The van der Waals surface area contributed by atoms with Gasteiger partial charge in [0.15, 0.2) is 0 Å². The first-order valence-electron chi connectivity index (χ1n) is 5.85. The number of carboxylic acids is 1. The minimum Gasteiger partial charge on any atom is -0.488 e. The van der Waals surface area contributed by atoms with Gasteiger partial charge in [-0.2, -0.15) is 0 Å². The van der Waals surface area contributed by atoms with Crippen molar-refractivity contribution in [3.05, 3.63) is 28.8 Å². The Balaban J connectivity index is 1.97. The lowest BCUT2D eigenvalue weighted by atomic mass is 10.1. The minimum absolute atomic E-state index is 0.00901. The Labute approximate surface area is 111 Å². The SMILES string of the molecule is CC(C(=O)O)N(C)CC1Cc2cc(Cl)ccc2O1. The molecule has 0 saturated heterocycles. The third-order valence-electron chi connectivity index (χ3n) is 3.27. The Bertz CT molecular complexity index is 464. The Morgan fingerprint density at radius 3 is 3.06 bits per heavy atom. The van der Waals surface area contributed by atoms with Crippen LogP contribution in [0.15, 0.2) is 18.2 Å². The Morgan fingerprint density at radius 1 is 1.67 bits per heavy atom. The monoisotopic (exact) mass is 269 g/mol. The van der Waals surface area contributed by atoms with Crippen LogP contribution in [0.4, 0.5) is 0 Å². The topological polar surface area (TPSA) is 49.8 Å². The van der Waals surface area contributed by atoms with E-state index in [0.29, 0.717) is 11.6 Å². The van der Waals surface area contributed by atoms with Crippen LogP contribution in [-0.4, -0.2) is 41.7 Å². The minimum atomic E-state index is -0.823. The van der Waals surface area contributed by atoms with E-state index in [1.54, 1.807) is 24.9 Å². The molecule has 0 aliphatic carbocycles. The lowest BCUT2D eigenvalue weighted by molar-refractivity contribution is -0.142. The van der Waals surface area contributed by atoms with Crippen LogP contribution in [0.2, 0.25) is 5.02 Å². The second-order valence-corrected chi connectivity index (χ2v) is 5.09. The van der Waals surface area contributed by atoms with Crippen LogP contribution in [-0.2, 0) is 11.2 Å². The molecule has 0 aromatic heterocycles. The molecule has 2 rings (SSSR count). The number of carboxylic acid groups (broad SMARTS) is 1. The van der Waals surface area contributed by atoms with Crippen molar-refractivity contribution >= 4 is 17.6 Å². The molecule has 1 aliphatic heterocycles. The van der Waals surface area contributed by atoms with Crippen LogP contribution in [0, 0.1) is 0 Å². The number of hydrogen-bond acceptors (Lipinski definition) is 3. The van der Waals surface area contributed by atoms with E-state index in [1.165, 1.54) is 0 Å². The summed E-state index contributed by atoms with van der Waals surface area (Å²) in [5, 5.41) is 9.64. The van der Waals surface area contributed by atoms with E-state index in [0.717, 1.165) is 17.7 Å². The zero-order valence-electron chi connectivity index (χ0n) is 10.4. The second-order valence-electron chi connectivity index (χ2n) is 4.65. The van der Waals surface area contributed by atoms with E-state index in [2.05, 4.69) is 0 Å². The third-order valence-corrected chi connectivity index (χ3v) is 3.51. The smallest absolute Gasteiger partial charge is 0.320 e. The molecule has 5 heteroatoms. The van der Waals surface area contributed by atoms with Crippen molar-refractivity contribution in [1.29, 1.82) is 0 Å². The molecule has 2 unspecified atom stereocenters. The number of nitrogens with zero attached hydrogens (tertiary/aromatic N) is 1. The van der Waals surface area contributed by atoms with Gasteiger partial charge in [0, 0.05) is 18.0 Å². The summed E-state index contributed by atoms with van der Waals surface area (Å²) >= 11 is 5.93. The van der Waals surface area contributed by atoms with Crippen molar-refractivity contribution < 1.29 is 14.6 Å². The summed E-state index contributed by atoms with van der Waals surface area (Å²) in [7, 11) is 1.79. The fourth-order valence-electron chi connectivity index (χ4n) is 2.06. The van der Waals surface area contributed by atoms with Gasteiger partial charge in [0.25, 0.3) is 0 Å². The normalized spacial score (nSPS) is 19.4. The summed E-state index contributed by atoms with van der Waals surface area (Å²) in [6.45, 7) is 2.25. The molecule has 0 spiro atoms. The number of carbonyl (C=O) groups is 1. The molecule has 1 aliphatic rings. The number of aliphatic carboxylic acids is 1. The molecule has 0 fully saturated rings. The standard InChI is InChI=1S/C13H16ClNO3/c1-8(13(16)17)15(2)7-11-6-9-5-10(14)3-4-12(9)18-11/h3-5,8,11H,6-7H2,1-2H3,(H,16,17). The molecular weight excluding hydrogens is 254 g/mol. The van der Waals surface area contributed by atoms with E-state index < -0.39 is 12.0 Å². The number of benzene rings is 1. The number of likely N-dealkylation sites (N-methyl/N-ethyl adjacent to an activating group) is 1. The first-order chi connectivity index (χ1) is 8.47. The molecule has 0 radical (unpaired) electrons. The molecular formula is C13H16ClNO3. The highest BCUT2D eigenvalue weighted by Crippen LogP contribution is 2.31. The van der Waals surface area contributed by atoms with Gasteiger partial charge in [0.05, 0.1) is 0 Å². The predicted molar refractivity (Wildman–Crippen MR) is 69.3 cm³/mol. The van der Waals surface area contributed by atoms with Crippen molar-refractivity contribution in [2.24, 2.45) is 0 Å². The fourth-order valence-corrected chi connectivity index (χ4v) is 2.25. The molecule has 98 valence electrons. The van der Waals surface area contributed by atoms with Gasteiger partial charge in [-0.1, -0.05) is 11.6 Å². The fraction of sp³-hybridized carbons (Fsp3) is 0.462. The molecule has 4 nitrogen and oxygen atoms in total. The molecule has 1 heterocycles. The Morgan fingerprint density at radius 2 is 2.39 bits per heavy atom. The summed E-state index contributed by atoms with van der Waals surface area (Å²) in [5.74, 6) is 0.0248. The average Bonchev–Trinajstić information content (AvgIpc) is 2.68. The summed E-state index contributed by atoms with van der Waals surface area (Å²) < 4.78 is 5.77. The number of fused-ring (bicyclic) bond motifs is 1. The summed E-state index contributed by atoms with van der Waals surface area (Å²) in [5.41, 5.74) is 1.09. The van der Waals surface area contributed by atoms with Crippen LogP contribution in [0.25, 0.3) is 0 Å². The summed E-state index contributed by atoms with van der Waals surface area (Å²) in [4.78, 5) is 12.7. The van der Waals surface area contributed by atoms with Gasteiger partial charge < -0.3 is 9.84 Å². The maximum atomic E-state index is 10.9. The highest BCUT2D eigenvalue weighted by molar-refractivity contribution is 6.30. The van der Waals surface area contributed by atoms with E-state index in [9.17, 15) is 4.79 Å². The van der Waals surface area contributed by atoms with Crippen molar-refractivity contribution in [3.8, 4) is 5.75 Å². The largest absolute Gasteiger partial charge is 0.488 e. The average molecular weight is 270 g/mol. The third kappa shape index (κ3) is 2.76. The highest BCUT2D eigenvalue weighted by atomic mass is 35.5. The van der Waals surface area contributed by atoms with Gasteiger partial charge in [-0.15, -0.1) is 0 Å². The number of ether oxygens (including phenoxy) is 1. The molecule has 0 amide bonds. The maximum absolute atomic E-state index is 10.9. The van der Waals surface area contributed by atoms with E-state index in [-0.39, 0.29) is 6.10 Å². The zero-order valence-corrected chi connectivity index (χ0v) is 11.1. The van der Waals surface area contributed by atoms with Crippen molar-refractivity contribution in [3.63, 3.8) is 0 Å². The van der Waals surface area contributed by atoms with Crippen molar-refractivity contribution in [2.45, 2.75) is 25.5 Å². The van der Waals surface area contributed by atoms with Gasteiger partial charge >= 0.3 is 5.97 Å². The molecule has 18 heavy (non-hydrogen) atoms. The molecule has 2 atom stereocenters. The highest BCUT2D eigenvalue weighted by Gasteiger charge is 2.27. The van der Waals surface area contributed by atoms with Crippen LogP contribution < -0.4 is 4.74 Å². The van der Waals surface area contributed by atoms with Gasteiger partial charge in [-0.05, 0) is 37.7 Å². The van der Waals surface area contributed by atoms with Gasteiger partial charge in [0.1, 0.15) is 17.9 Å². The first-order valence-corrected chi connectivity index (χ1v) is 6.23. The number of halogens is 1. The van der Waals surface area contributed by atoms with Gasteiger partial charge in [0.2, 0.25) is 0 Å². The second kappa shape index (κ2) is 5.16. The number of hydrogen-bond donors (Lipinski definition) is 1. The van der Waals surface area contributed by atoms with Crippen LogP contribution in [0.5, 0.6) is 5.75 Å². The molecule has 1 aromatic rings. The van der Waals surface area contributed by atoms with Gasteiger partial charge in [-0.25, -0.2) is 0 Å². The van der Waals surface area contributed by atoms with Crippen molar-refractivity contribution in [1.82, 2.24) is 4.90 Å².